The van der Waals surface area contributed by atoms with Crippen molar-refractivity contribution in [2.24, 2.45) is 5.73 Å². The minimum atomic E-state index is -1.00. The fraction of sp³-hybridized carbons (Fsp3) is 0.292. The van der Waals surface area contributed by atoms with E-state index in [1.807, 2.05) is 6.92 Å². The first kappa shape index (κ1) is 23.8. The van der Waals surface area contributed by atoms with Crippen molar-refractivity contribution in [2.45, 2.75) is 44.1 Å². The van der Waals surface area contributed by atoms with Gasteiger partial charge >= 0.3 is 0 Å². The number of benzene rings is 1. The summed E-state index contributed by atoms with van der Waals surface area (Å²) in [6.07, 6.45) is 2.02. The highest BCUT2D eigenvalue weighted by atomic mass is 19.1. The maximum atomic E-state index is 14.4. The summed E-state index contributed by atoms with van der Waals surface area (Å²) >= 11 is 0. The molecule has 4 rings (SSSR count). The summed E-state index contributed by atoms with van der Waals surface area (Å²) in [5.74, 6) is -3.72. The van der Waals surface area contributed by atoms with Crippen molar-refractivity contribution in [3.8, 4) is 11.3 Å². The molecule has 3 aromatic rings. The van der Waals surface area contributed by atoms with Gasteiger partial charge in [-0.3, -0.25) is 9.78 Å². The lowest BCUT2D eigenvalue weighted by Gasteiger charge is -2.38. The van der Waals surface area contributed by atoms with Gasteiger partial charge < -0.3 is 20.9 Å². The third kappa shape index (κ3) is 4.65. The van der Waals surface area contributed by atoms with Crippen LogP contribution in [-0.2, 0) is 4.74 Å². The van der Waals surface area contributed by atoms with E-state index < -0.39 is 59.0 Å². The molecule has 2 aromatic heterocycles. The average molecular weight is 472 g/mol. The van der Waals surface area contributed by atoms with Gasteiger partial charge in [-0.1, -0.05) is 13.0 Å². The number of nitrogens with one attached hydrogen (secondary N) is 1. The molecule has 0 saturated carbocycles. The van der Waals surface area contributed by atoms with Gasteiger partial charge in [-0.15, -0.1) is 0 Å². The van der Waals surface area contributed by atoms with Crippen molar-refractivity contribution in [2.75, 3.05) is 5.32 Å². The van der Waals surface area contributed by atoms with Gasteiger partial charge in [-0.25, -0.2) is 18.2 Å². The Balaban J connectivity index is 1.63. The molecule has 4 N–H and O–H groups in total. The van der Waals surface area contributed by atoms with Gasteiger partial charge in [-0.2, -0.15) is 0 Å². The Morgan fingerprint density at radius 2 is 1.91 bits per heavy atom. The Bertz CT molecular complexity index is 1190. The smallest absolute Gasteiger partial charge is 0.274 e. The summed E-state index contributed by atoms with van der Waals surface area (Å²) in [5.41, 5.74) is 5.45. The molecule has 0 aliphatic carbocycles. The van der Waals surface area contributed by atoms with Crippen LogP contribution in [0.4, 0.5) is 18.9 Å². The zero-order valence-electron chi connectivity index (χ0n) is 18.2. The maximum Gasteiger partial charge on any atom is 0.274 e. The zero-order valence-corrected chi connectivity index (χ0v) is 18.2. The number of carbonyl (C=O) groups excluding carboxylic acids is 1. The van der Waals surface area contributed by atoms with Gasteiger partial charge in [0.15, 0.2) is 0 Å². The molecule has 1 fully saturated rings. The Hall–Kier alpha value is -3.34. The van der Waals surface area contributed by atoms with Crippen LogP contribution in [0, 0.1) is 17.5 Å². The third-order valence-electron chi connectivity index (χ3n) is 5.78. The predicted octanol–water partition coefficient (Wildman–Crippen LogP) is 3.74. The van der Waals surface area contributed by atoms with E-state index in [1.54, 1.807) is 6.07 Å². The molecule has 1 aliphatic rings. The quantitative estimate of drug-likeness (QED) is 0.522. The monoisotopic (exact) mass is 472 g/mol. The highest BCUT2D eigenvalue weighted by Crippen LogP contribution is 2.35. The molecule has 7 nitrogen and oxygen atoms in total. The number of aliphatic hydroxyl groups excluding tert-OH is 1. The highest BCUT2D eigenvalue weighted by Gasteiger charge is 2.36. The number of nitrogens with zero attached hydrogens (tertiary/aromatic N) is 2. The Morgan fingerprint density at radius 3 is 2.62 bits per heavy atom. The fourth-order valence-electron chi connectivity index (χ4n) is 3.99. The summed E-state index contributed by atoms with van der Waals surface area (Å²) in [4.78, 5) is 20.8. The number of carbonyl (C=O) groups is 1. The van der Waals surface area contributed by atoms with Gasteiger partial charge in [0, 0.05) is 17.8 Å². The molecule has 1 amide bonds. The molecule has 1 aliphatic heterocycles. The van der Waals surface area contributed by atoms with E-state index in [0.29, 0.717) is 24.1 Å². The highest BCUT2D eigenvalue weighted by molar-refractivity contribution is 6.03. The molecule has 4 atom stereocenters. The molecule has 0 spiro atoms. The summed E-state index contributed by atoms with van der Waals surface area (Å²) in [6, 6.07) is 6.28. The first-order chi connectivity index (χ1) is 16.3. The van der Waals surface area contributed by atoms with Gasteiger partial charge in [0.2, 0.25) is 0 Å². The minimum absolute atomic E-state index is 0.253. The van der Waals surface area contributed by atoms with Gasteiger partial charge in [0.25, 0.3) is 5.91 Å². The molecular weight excluding hydrogens is 449 g/mol. The van der Waals surface area contributed by atoms with Crippen LogP contribution in [0.5, 0.6) is 0 Å². The van der Waals surface area contributed by atoms with E-state index in [4.69, 9.17) is 10.5 Å². The summed E-state index contributed by atoms with van der Waals surface area (Å²) in [5, 5.41) is 12.9. The number of halogens is 3. The van der Waals surface area contributed by atoms with Crippen molar-refractivity contribution in [3.63, 3.8) is 0 Å². The molecule has 0 bridgehead atoms. The van der Waals surface area contributed by atoms with Crippen molar-refractivity contribution in [1.29, 1.82) is 0 Å². The van der Waals surface area contributed by atoms with Crippen LogP contribution in [0.1, 0.15) is 41.9 Å². The van der Waals surface area contributed by atoms with Crippen LogP contribution in [0.25, 0.3) is 11.3 Å². The van der Waals surface area contributed by atoms with E-state index in [9.17, 15) is 23.1 Å². The number of rotatable bonds is 5. The number of aliphatic hydroxyl groups is 1. The normalized spacial score (nSPS) is 22.4. The Labute approximate surface area is 193 Å². The van der Waals surface area contributed by atoms with Crippen LogP contribution in [0.2, 0.25) is 0 Å². The topological polar surface area (TPSA) is 110 Å². The summed E-state index contributed by atoms with van der Waals surface area (Å²) in [7, 11) is 0. The number of anilines is 1. The van der Waals surface area contributed by atoms with Crippen LogP contribution in [0.15, 0.2) is 48.8 Å². The molecule has 0 radical (unpaired) electrons. The number of aromatic nitrogens is 2. The summed E-state index contributed by atoms with van der Waals surface area (Å²) in [6.45, 7) is 1.87. The lowest BCUT2D eigenvalue weighted by Crippen LogP contribution is -2.49. The van der Waals surface area contributed by atoms with E-state index in [2.05, 4.69) is 15.3 Å². The Morgan fingerprint density at radius 1 is 1.18 bits per heavy atom. The number of hydrogen-bond donors (Lipinski definition) is 3. The first-order valence-corrected chi connectivity index (χ1v) is 10.8. The van der Waals surface area contributed by atoms with Crippen molar-refractivity contribution >= 4 is 11.6 Å². The van der Waals surface area contributed by atoms with Gasteiger partial charge in [0.05, 0.1) is 35.8 Å². The molecule has 34 heavy (non-hydrogen) atoms. The molecular formula is C24H23F3N4O3. The largest absolute Gasteiger partial charge is 0.389 e. The van der Waals surface area contributed by atoms with Gasteiger partial charge in [-0.05, 0) is 43.2 Å². The molecule has 3 heterocycles. The number of hydrogen-bond acceptors (Lipinski definition) is 6. The van der Waals surface area contributed by atoms with E-state index in [-0.39, 0.29) is 5.69 Å². The van der Waals surface area contributed by atoms with E-state index >= 15 is 0 Å². The van der Waals surface area contributed by atoms with Crippen molar-refractivity contribution in [3.05, 3.63) is 77.5 Å². The number of amides is 1. The molecule has 178 valence electrons. The zero-order chi connectivity index (χ0) is 24.4. The number of pyridine rings is 2. The third-order valence-corrected chi connectivity index (χ3v) is 5.78. The second kappa shape index (κ2) is 9.88. The second-order valence-electron chi connectivity index (χ2n) is 8.00. The molecule has 10 heteroatoms. The van der Waals surface area contributed by atoms with E-state index in [0.717, 1.165) is 30.3 Å². The van der Waals surface area contributed by atoms with Crippen LogP contribution < -0.4 is 11.1 Å². The fourth-order valence-corrected chi connectivity index (χ4v) is 3.99. The molecule has 1 aromatic carbocycles. The van der Waals surface area contributed by atoms with Crippen molar-refractivity contribution in [1.82, 2.24) is 9.97 Å². The molecule has 0 unspecified atom stereocenters. The maximum absolute atomic E-state index is 14.4. The van der Waals surface area contributed by atoms with Gasteiger partial charge in [0.1, 0.15) is 28.8 Å². The standard InChI is InChI=1S/C24H23F3N4O3/c1-2-19-23(32)16(28)10-20(34-19)12-8-9-29-11-18(12)31-24(33)17-7-6-15(27)22(30-17)21-13(25)4-3-5-14(21)26/h3-9,11,16,19-20,23,32H,2,10,28H2,1H3,(H,31,33)/t16-,19-,20-,23+/m1/s1. The Kier molecular flexibility index (Phi) is 6.92. The van der Waals surface area contributed by atoms with Crippen LogP contribution in [-0.4, -0.2) is 39.2 Å². The lowest BCUT2D eigenvalue weighted by molar-refractivity contribution is -0.128. The number of ether oxygens (including phenoxy) is 1. The first-order valence-electron chi connectivity index (χ1n) is 10.8. The summed E-state index contributed by atoms with van der Waals surface area (Å²) < 4.78 is 48.7. The molecule has 1 saturated heterocycles. The minimum Gasteiger partial charge on any atom is -0.389 e. The lowest BCUT2D eigenvalue weighted by atomic mass is 9.91. The second-order valence-corrected chi connectivity index (χ2v) is 8.00. The van der Waals surface area contributed by atoms with E-state index in [1.165, 1.54) is 12.4 Å². The van der Waals surface area contributed by atoms with Crippen molar-refractivity contribution < 1.29 is 27.8 Å². The predicted molar refractivity (Wildman–Crippen MR) is 118 cm³/mol. The van der Waals surface area contributed by atoms with Crippen LogP contribution >= 0.6 is 0 Å². The average Bonchev–Trinajstić information content (AvgIpc) is 2.82. The van der Waals surface area contributed by atoms with Crippen LogP contribution in [0.3, 0.4) is 0 Å². The SMILES string of the molecule is CC[C@H]1O[C@@H](c2ccncc2NC(=O)c2ccc(F)c(-c3c(F)cccc3F)n2)C[C@@H](N)[C@@H]1O. The number of nitrogens with two attached hydrogens (primary N) is 1.